The number of hydrogen-bond donors (Lipinski definition) is 1. The summed E-state index contributed by atoms with van der Waals surface area (Å²) in [6.07, 6.45) is 21.1. The van der Waals surface area contributed by atoms with Crippen molar-refractivity contribution in [3.63, 3.8) is 0 Å². The Morgan fingerprint density at radius 3 is 1.46 bits per heavy atom. The van der Waals surface area contributed by atoms with Gasteiger partial charge in [0.05, 0.1) is 12.3 Å². The number of aliphatic imine (C=N–C) groups is 1. The van der Waals surface area contributed by atoms with Crippen molar-refractivity contribution in [3.05, 3.63) is 0 Å². The van der Waals surface area contributed by atoms with Gasteiger partial charge in [-0.05, 0) is 18.7 Å². The molecule has 0 aliphatic carbocycles. The summed E-state index contributed by atoms with van der Waals surface area (Å²) in [6.45, 7) is 2.12. The van der Waals surface area contributed by atoms with Gasteiger partial charge >= 0.3 is 51.4 Å². The summed E-state index contributed by atoms with van der Waals surface area (Å²) in [4.78, 5) is 3.64. The van der Waals surface area contributed by atoms with E-state index in [-0.39, 0.29) is 63.8 Å². The van der Waals surface area contributed by atoms with Crippen LogP contribution >= 0.6 is 0 Å². The van der Waals surface area contributed by atoms with Gasteiger partial charge < -0.3 is 10.1 Å². The Kier molecular flexibility index (Phi) is 25.3. The first kappa shape index (κ1) is 31.2. The van der Waals surface area contributed by atoms with Crippen LogP contribution in [0.3, 0.4) is 0 Å². The van der Waals surface area contributed by atoms with Gasteiger partial charge in [0.2, 0.25) is 0 Å². The predicted molar refractivity (Wildman–Crippen MR) is 113 cm³/mol. The molecule has 0 saturated carbocycles. The zero-order valence-electron chi connectivity index (χ0n) is 18.5. The van der Waals surface area contributed by atoms with Crippen molar-refractivity contribution >= 4 is 16.0 Å². The molecule has 0 aromatic rings. The Morgan fingerprint density at radius 1 is 0.750 bits per heavy atom. The summed E-state index contributed by atoms with van der Waals surface area (Å²) < 4.78 is 29.6. The summed E-state index contributed by atoms with van der Waals surface area (Å²) in [5.41, 5.74) is 0. The molecule has 0 atom stereocenters. The molecule has 0 aromatic carbocycles. The fraction of sp³-hybridized carbons (Fsp3) is 0.952. The summed E-state index contributed by atoms with van der Waals surface area (Å²) in [7, 11) is -4.02. The first-order valence-electron chi connectivity index (χ1n) is 11.1. The largest absolute Gasteiger partial charge is 1.00 e. The Morgan fingerprint density at radius 2 is 1.11 bits per heavy atom. The molecule has 0 spiro atoms. The van der Waals surface area contributed by atoms with Gasteiger partial charge in [0.25, 0.3) is 10.1 Å². The molecular formula is C21H42KNO4S. The minimum absolute atomic E-state index is 0. The van der Waals surface area contributed by atoms with Gasteiger partial charge in [0.15, 0.2) is 0 Å². The second kappa shape index (κ2) is 22.7. The monoisotopic (exact) mass is 443 g/mol. The van der Waals surface area contributed by atoms with Gasteiger partial charge in [-0.25, -0.2) is 0 Å². The number of nitrogens with zero attached hydrogens (tertiary/aromatic N) is 1. The van der Waals surface area contributed by atoms with E-state index < -0.39 is 15.9 Å². The maximum Gasteiger partial charge on any atom is 1.00 e. The van der Waals surface area contributed by atoms with E-state index in [4.69, 9.17) is 4.55 Å². The normalized spacial score (nSPS) is 12.1. The van der Waals surface area contributed by atoms with Crippen LogP contribution in [0.4, 0.5) is 0 Å². The van der Waals surface area contributed by atoms with Gasteiger partial charge in [-0.2, -0.15) is 8.42 Å². The van der Waals surface area contributed by atoms with Crippen LogP contribution in [0.25, 0.3) is 0 Å². The first-order valence-corrected chi connectivity index (χ1v) is 12.7. The van der Waals surface area contributed by atoms with Crippen molar-refractivity contribution in [2.45, 2.75) is 116 Å². The molecule has 0 bridgehead atoms. The standard InChI is InChI=1S/C21H43NO4S.K/c1-2-3-4-5-6-7-8-9-10-11-12-13-14-15-16-17-18-21(23)22-19-20-27(24,25)26;/h2-20H2,1H3,(H,22,23)(H,24,25,26);/q;+1/p-1. The summed E-state index contributed by atoms with van der Waals surface area (Å²) in [5, 5.41) is 11.4. The molecule has 0 unspecified atom stereocenters. The van der Waals surface area contributed by atoms with Crippen molar-refractivity contribution in [2.75, 3.05) is 12.3 Å². The molecule has 0 rings (SSSR count). The van der Waals surface area contributed by atoms with E-state index >= 15 is 0 Å². The first-order chi connectivity index (χ1) is 13.0. The maximum absolute atomic E-state index is 11.4. The van der Waals surface area contributed by atoms with Gasteiger partial charge in [0, 0.05) is 0 Å². The fourth-order valence-electron chi connectivity index (χ4n) is 3.19. The molecule has 162 valence electrons. The quantitative estimate of drug-likeness (QED) is 0.103. The van der Waals surface area contributed by atoms with E-state index in [1.807, 2.05) is 0 Å². The molecule has 0 aliphatic heterocycles. The van der Waals surface area contributed by atoms with Crippen LogP contribution in [0.2, 0.25) is 0 Å². The number of unbranched alkanes of at least 4 members (excludes halogenated alkanes) is 15. The Bertz CT molecular complexity index is 455. The van der Waals surface area contributed by atoms with E-state index in [1.54, 1.807) is 0 Å². The molecule has 0 amide bonds. The van der Waals surface area contributed by atoms with Gasteiger partial charge in [-0.1, -0.05) is 103 Å². The fourth-order valence-corrected chi connectivity index (χ4v) is 3.51. The number of hydrogen-bond acceptors (Lipinski definition) is 4. The molecule has 5 nitrogen and oxygen atoms in total. The molecule has 1 N–H and O–H groups in total. The third kappa shape index (κ3) is 27.0. The van der Waals surface area contributed by atoms with Crippen molar-refractivity contribution in [3.8, 4) is 0 Å². The average molecular weight is 444 g/mol. The molecule has 0 saturated heterocycles. The van der Waals surface area contributed by atoms with Crippen molar-refractivity contribution in [1.29, 1.82) is 0 Å². The van der Waals surface area contributed by atoms with Crippen molar-refractivity contribution in [2.24, 2.45) is 4.99 Å². The molecule has 0 radical (unpaired) electrons. The molecule has 28 heavy (non-hydrogen) atoms. The zero-order valence-corrected chi connectivity index (χ0v) is 22.4. The minimum atomic E-state index is -4.02. The van der Waals surface area contributed by atoms with Crippen LogP contribution in [-0.4, -0.2) is 31.2 Å². The average Bonchev–Trinajstić information content (AvgIpc) is 2.60. The second-order valence-electron chi connectivity index (χ2n) is 7.61. The third-order valence-corrected chi connectivity index (χ3v) is 5.58. The Balaban J connectivity index is 0. The maximum atomic E-state index is 11.4. The van der Waals surface area contributed by atoms with E-state index in [2.05, 4.69) is 11.9 Å². The molecular weight excluding hydrogens is 401 g/mol. The molecule has 0 aliphatic rings. The van der Waals surface area contributed by atoms with E-state index in [0.29, 0.717) is 6.42 Å². The predicted octanol–water partition coefficient (Wildman–Crippen LogP) is 2.29. The second-order valence-corrected chi connectivity index (χ2v) is 9.19. The molecule has 0 heterocycles. The minimum Gasteiger partial charge on any atom is -0.862 e. The zero-order chi connectivity index (χ0) is 20.2. The van der Waals surface area contributed by atoms with Crippen molar-refractivity contribution in [1.82, 2.24) is 0 Å². The molecule has 0 fully saturated rings. The van der Waals surface area contributed by atoms with Crippen LogP contribution in [0.5, 0.6) is 0 Å². The van der Waals surface area contributed by atoms with Crippen LogP contribution in [-0.2, 0) is 10.1 Å². The summed E-state index contributed by atoms with van der Waals surface area (Å²) in [6, 6.07) is 0. The topological polar surface area (TPSA) is 89.8 Å². The van der Waals surface area contributed by atoms with E-state index in [0.717, 1.165) is 19.3 Å². The third-order valence-electron chi connectivity index (χ3n) is 4.88. The summed E-state index contributed by atoms with van der Waals surface area (Å²) in [5.74, 6) is -0.735. The van der Waals surface area contributed by atoms with Crippen LogP contribution in [0.15, 0.2) is 4.99 Å². The molecule has 7 heteroatoms. The molecule has 0 aromatic heterocycles. The van der Waals surface area contributed by atoms with E-state index in [1.165, 1.54) is 83.5 Å². The van der Waals surface area contributed by atoms with Crippen LogP contribution < -0.4 is 56.5 Å². The smallest absolute Gasteiger partial charge is 0.862 e. The van der Waals surface area contributed by atoms with Crippen molar-refractivity contribution < 1.29 is 69.5 Å². The van der Waals surface area contributed by atoms with Gasteiger partial charge in [-0.3, -0.25) is 4.55 Å². The van der Waals surface area contributed by atoms with Crippen LogP contribution in [0.1, 0.15) is 116 Å². The summed E-state index contributed by atoms with van der Waals surface area (Å²) >= 11 is 0. The van der Waals surface area contributed by atoms with Gasteiger partial charge in [0.1, 0.15) is 0 Å². The Labute approximate surface area is 216 Å². The van der Waals surface area contributed by atoms with Crippen LogP contribution in [0, 0.1) is 0 Å². The van der Waals surface area contributed by atoms with E-state index in [9.17, 15) is 13.5 Å². The number of rotatable bonds is 20. The van der Waals surface area contributed by atoms with Gasteiger partial charge in [-0.15, -0.1) is 0 Å². The SMILES string of the molecule is CCCCCCCCCCCCCCCCCCC([O-])=NCCS(=O)(=O)O.[K+]. The Hall–Kier alpha value is 1.02.